The third kappa shape index (κ3) is 3.40. The zero-order valence-electron chi connectivity index (χ0n) is 13.7. The number of methoxy groups -OCH3 is 1. The van der Waals surface area contributed by atoms with E-state index in [2.05, 4.69) is 20.4 Å². The molecule has 3 aromatic rings. The SMILES string of the molecule is COc1ccccc1-c1[nH][nH]c(=O)c1N=Nc1cccc(C(C)=O)c1. The number of Topliss-reactive ketones (excluding diaryl/α,β-unsaturated/α-hetero) is 1. The quantitative estimate of drug-likeness (QED) is 0.544. The summed E-state index contributed by atoms with van der Waals surface area (Å²) in [5.41, 5.74) is 1.93. The second kappa shape index (κ2) is 6.96. The molecule has 126 valence electrons. The van der Waals surface area contributed by atoms with Crippen molar-refractivity contribution in [3.8, 4) is 17.0 Å². The predicted molar refractivity (Wildman–Crippen MR) is 94.0 cm³/mol. The Hall–Kier alpha value is -3.48. The van der Waals surface area contributed by atoms with Gasteiger partial charge in [-0.25, -0.2) is 0 Å². The normalized spacial score (nSPS) is 11.0. The van der Waals surface area contributed by atoms with E-state index in [1.807, 2.05) is 18.2 Å². The van der Waals surface area contributed by atoms with Crippen LogP contribution in [-0.4, -0.2) is 23.1 Å². The van der Waals surface area contributed by atoms with Gasteiger partial charge in [-0.1, -0.05) is 24.3 Å². The highest BCUT2D eigenvalue weighted by atomic mass is 16.5. The molecule has 0 bridgehead atoms. The first kappa shape index (κ1) is 16.4. The zero-order chi connectivity index (χ0) is 17.8. The fourth-order valence-electron chi connectivity index (χ4n) is 2.39. The molecule has 0 saturated carbocycles. The minimum absolute atomic E-state index is 0.0637. The smallest absolute Gasteiger partial charge is 0.292 e. The number of hydrogen-bond donors (Lipinski definition) is 2. The van der Waals surface area contributed by atoms with Gasteiger partial charge in [-0.15, -0.1) is 5.11 Å². The third-order valence-corrected chi connectivity index (χ3v) is 3.65. The van der Waals surface area contributed by atoms with E-state index in [1.165, 1.54) is 6.92 Å². The molecule has 0 spiro atoms. The van der Waals surface area contributed by atoms with Crippen LogP contribution in [0, 0.1) is 0 Å². The van der Waals surface area contributed by atoms with Crippen molar-refractivity contribution in [2.45, 2.75) is 6.92 Å². The molecule has 1 heterocycles. The summed E-state index contributed by atoms with van der Waals surface area (Å²) >= 11 is 0. The molecular formula is C18H16N4O3. The van der Waals surface area contributed by atoms with Crippen LogP contribution in [0.1, 0.15) is 17.3 Å². The lowest BCUT2D eigenvalue weighted by atomic mass is 10.1. The number of H-pyrrole nitrogens is 2. The number of nitrogens with zero attached hydrogens (tertiary/aromatic N) is 2. The van der Waals surface area contributed by atoms with Crippen molar-refractivity contribution >= 4 is 17.2 Å². The maximum Gasteiger partial charge on any atom is 0.292 e. The first-order valence-corrected chi connectivity index (χ1v) is 7.57. The molecule has 0 amide bonds. The molecule has 25 heavy (non-hydrogen) atoms. The fraction of sp³-hybridized carbons (Fsp3) is 0.111. The van der Waals surface area contributed by atoms with E-state index in [1.54, 1.807) is 37.4 Å². The summed E-state index contributed by atoms with van der Waals surface area (Å²) in [6, 6.07) is 14.0. The molecule has 0 saturated heterocycles. The summed E-state index contributed by atoms with van der Waals surface area (Å²) in [5.74, 6) is 0.541. The van der Waals surface area contributed by atoms with Crippen LogP contribution in [0.5, 0.6) is 5.75 Å². The molecule has 7 heteroatoms. The third-order valence-electron chi connectivity index (χ3n) is 3.65. The first-order chi connectivity index (χ1) is 12.1. The number of carbonyl (C=O) groups is 1. The molecule has 0 atom stereocenters. The maximum atomic E-state index is 12.1. The maximum absolute atomic E-state index is 12.1. The number of nitrogens with one attached hydrogen (secondary N) is 2. The molecule has 0 fully saturated rings. The highest BCUT2D eigenvalue weighted by molar-refractivity contribution is 5.94. The molecule has 0 unspecified atom stereocenters. The van der Waals surface area contributed by atoms with Gasteiger partial charge in [-0.05, 0) is 31.2 Å². The number of ketones is 1. The number of aromatic nitrogens is 2. The lowest BCUT2D eigenvalue weighted by Crippen LogP contribution is -1.96. The van der Waals surface area contributed by atoms with Gasteiger partial charge in [0, 0.05) is 11.1 Å². The Labute approximate surface area is 143 Å². The standard InChI is InChI=1S/C18H16N4O3/c1-11(23)12-6-5-7-13(10-12)19-21-17-16(20-22-18(17)24)14-8-3-4-9-15(14)25-2/h3-10H,1-2H3,(H2,20,22,24). The monoisotopic (exact) mass is 336 g/mol. The number of para-hydroxylation sites is 1. The van der Waals surface area contributed by atoms with Crippen molar-refractivity contribution in [2.75, 3.05) is 7.11 Å². The first-order valence-electron chi connectivity index (χ1n) is 7.57. The Kier molecular flexibility index (Phi) is 4.56. The molecule has 7 nitrogen and oxygen atoms in total. The fourth-order valence-corrected chi connectivity index (χ4v) is 2.39. The predicted octanol–water partition coefficient (Wildman–Crippen LogP) is 4.00. The van der Waals surface area contributed by atoms with Crippen molar-refractivity contribution in [3.63, 3.8) is 0 Å². The summed E-state index contributed by atoms with van der Waals surface area (Å²) in [4.78, 5) is 23.5. The lowest BCUT2D eigenvalue weighted by molar-refractivity contribution is 0.101. The van der Waals surface area contributed by atoms with Crippen molar-refractivity contribution in [2.24, 2.45) is 10.2 Å². The van der Waals surface area contributed by atoms with E-state index in [0.717, 1.165) is 0 Å². The van der Waals surface area contributed by atoms with Crippen molar-refractivity contribution < 1.29 is 9.53 Å². The van der Waals surface area contributed by atoms with Crippen LogP contribution in [0.25, 0.3) is 11.3 Å². The summed E-state index contributed by atoms with van der Waals surface area (Å²) in [6.45, 7) is 1.48. The van der Waals surface area contributed by atoms with Gasteiger partial charge in [0.25, 0.3) is 5.56 Å². The Balaban J connectivity index is 2.02. The Morgan fingerprint density at radius 2 is 1.84 bits per heavy atom. The number of ether oxygens (including phenoxy) is 1. The highest BCUT2D eigenvalue weighted by Gasteiger charge is 2.15. The number of rotatable bonds is 5. The van der Waals surface area contributed by atoms with Crippen LogP contribution in [-0.2, 0) is 0 Å². The molecule has 0 aliphatic rings. The number of azo groups is 1. The van der Waals surface area contributed by atoms with E-state index >= 15 is 0 Å². The average Bonchev–Trinajstić information content (AvgIpc) is 3.00. The minimum atomic E-state index is -0.396. The zero-order valence-corrected chi connectivity index (χ0v) is 13.7. The number of carbonyl (C=O) groups excluding carboxylic acids is 1. The van der Waals surface area contributed by atoms with E-state index in [-0.39, 0.29) is 11.5 Å². The summed E-state index contributed by atoms with van der Waals surface area (Å²) in [5, 5.41) is 13.5. The van der Waals surface area contributed by atoms with Crippen LogP contribution in [0.2, 0.25) is 0 Å². The van der Waals surface area contributed by atoms with E-state index < -0.39 is 5.56 Å². The van der Waals surface area contributed by atoms with Crippen LogP contribution in [0.4, 0.5) is 11.4 Å². The van der Waals surface area contributed by atoms with Gasteiger partial charge in [-0.3, -0.25) is 19.8 Å². The summed E-state index contributed by atoms with van der Waals surface area (Å²) in [6.07, 6.45) is 0. The number of benzene rings is 2. The second-order valence-electron chi connectivity index (χ2n) is 5.31. The molecule has 0 aliphatic carbocycles. The van der Waals surface area contributed by atoms with Gasteiger partial charge in [0.15, 0.2) is 11.5 Å². The van der Waals surface area contributed by atoms with Crippen LogP contribution in [0.3, 0.4) is 0 Å². The molecule has 1 aromatic heterocycles. The summed E-state index contributed by atoms with van der Waals surface area (Å²) < 4.78 is 5.32. The second-order valence-corrected chi connectivity index (χ2v) is 5.31. The van der Waals surface area contributed by atoms with Gasteiger partial charge in [0.1, 0.15) is 5.75 Å². The molecule has 0 aliphatic heterocycles. The highest BCUT2D eigenvalue weighted by Crippen LogP contribution is 2.33. The van der Waals surface area contributed by atoms with Gasteiger partial charge in [-0.2, -0.15) is 5.11 Å². The topological polar surface area (TPSA) is 99.7 Å². The largest absolute Gasteiger partial charge is 0.496 e. The minimum Gasteiger partial charge on any atom is -0.496 e. The molecule has 0 radical (unpaired) electrons. The molecule has 2 aromatic carbocycles. The Bertz CT molecular complexity index is 1000. The Morgan fingerprint density at radius 1 is 1.04 bits per heavy atom. The van der Waals surface area contributed by atoms with Crippen molar-refractivity contribution in [1.29, 1.82) is 0 Å². The van der Waals surface area contributed by atoms with E-state index in [0.29, 0.717) is 28.3 Å². The number of aromatic amines is 2. The number of hydrogen-bond acceptors (Lipinski definition) is 5. The summed E-state index contributed by atoms with van der Waals surface area (Å²) in [7, 11) is 1.55. The van der Waals surface area contributed by atoms with E-state index in [9.17, 15) is 9.59 Å². The molecule has 2 N–H and O–H groups in total. The average molecular weight is 336 g/mol. The van der Waals surface area contributed by atoms with Crippen molar-refractivity contribution in [1.82, 2.24) is 10.2 Å². The van der Waals surface area contributed by atoms with Crippen molar-refractivity contribution in [3.05, 3.63) is 64.4 Å². The lowest BCUT2D eigenvalue weighted by Gasteiger charge is -2.06. The van der Waals surface area contributed by atoms with Gasteiger partial charge < -0.3 is 4.74 Å². The van der Waals surface area contributed by atoms with Crippen LogP contribution < -0.4 is 10.3 Å². The van der Waals surface area contributed by atoms with Gasteiger partial charge in [0.2, 0.25) is 0 Å². The van der Waals surface area contributed by atoms with Crippen LogP contribution in [0.15, 0.2) is 63.6 Å². The van der Waals surface area contributed by atoms with Gasteiger partial charge in [0.05, 0.1) is 18.5 Å². The van der Waals surface area contributed by atoms with Gasteiger partial charge >= 0.3 is 0 Å². The molecule has 3 rings (SSSR count). The van der Waals surface area contributed by atoms with E-state index in [4.69, 9.17) is 4.74 Å². The Morgan fingerprint density at radius 3 is 2.60 bits per heavy atom. The molecular weight excluding hydrogens is 320 g/mol. The van der Waals surface area contributed by atoms with Crippen LogP contribution >= 0.6 is 0 Å².